The van der Waals surface area contributed by atoms with Gasteiger partial charge in [-0.3, -0.25) is 15.1 Å². The van der Waals surface area contributed by atoms with Crippen molar-refractivity contribution in [3.63, 3.8) is 0 Å². The fourth-order valence-electron chi connectivity index (χ4n) is 2.13. The molecule has 0 bridgehead atoms. The lowest BCUT2D eigenvalue weighted by Crippen LogP contribution is -2.40. The normalized spacial score (nSPS) is 13.7. The van der Waals surface area contributed by atoms with Gasteiger partial charge in [-0.15, -0.1) is 0 Å². The van der Waals surface area contributed by atoms with Gasteiger partial charge in [-0.2, -0.15) is 0 Å². The molecule has 0 spiro atoms. The smallest absolute Gasteiger partial charge is 0.250 e. The van der Waals surface area contributed by atoms with Crippen LogP contribution in [-0.2, 0) is 4.79 Å². The second kappa shape index (κ2) is 8.73. The highest BCUT2D eigenvalue weighted by Gasteiger charge is 2.10. The molecule has 2 aromatic rings. The molecule has 2 N–H and O–H groups in total. The number of amides is 1. The van der Waals surface area contributed by atoms with Crippen LogP contribution in [0.15, 0.2) is 45.8 Å². The zero-order valence-corrected chi connectivity index (χ0v) is 16.4. The first-order chi connectivity index (χ1) is 12.5. The number of aliphatic imine (C=N–C) groups is 1. The molecule has 3 rings (SSSR count). The van der Waals surface area contributed by atoms with Gasteiger partial charge in [-0.25, -0.2) is 0 Å². The highest BCUT2D eigenvalue weighted by Crippen LogP contribution is 2.31. The van der Waals surface area contributed by atoms with Gasteiger partial charge in [0.05, 0.1) is 11.6 Å². The zero-order chi connectivity index (χ0) is 18.5. The van der Waals surface area contributed by atoms with Crippen molar-refractivity contribution >= 4 is 69.4 Å². The fourth-order valence-corrected chi connectivity index (χ4v) is 3.62. The minimum atomic E-state index is -0.367. The van der Waals surface area contributed by atoms with Gasteiger partial charge in [-0.1, -0.05) is 35.0 Å². The summed E-state index contributed by atoms with van der Waals surface area (Å²) in [6.07, 6.45) is 2.89. The second-order valence-electron chi connectivity index (χ2n) is 5.14. The number of hydrogen-bond donors (Lipinski definition) is 2. The van der Waals surface area contributed by atoms with E-state index in [1.165, 1.54) is 6.08 Å². The lowest BCUT2D eigenvalue weighted by molar-refractivity contribution is -0.115. The van der Waals surface area contributed by atoms with E-state index in [0.717, 1.165) is 23.0 Å². The van der Waals surface area contributed by atoms with Crippen molar-refractivity contribution in [2.24, 2.45) is 4.99 Å². The molecule has 0 atom stereocenters. The Balaban J connectivity index is 1.59. The van der Waals surface area contributed by atoms with E-state index in [4.69, 9.17) is 39.8 Å². The van der Waals surface area contributed by atoms with E-state index in [0.29, 0.717) is 21.6 Å². The first kappa shape index (κ1) is 19.0. The van der Waals surface area contributed by atoms with E-state index in [-0.39, 0.29) is 11.0 Å². The summed E-state index contributed by atoms with van der Waals surface area (Å²) in [7, 11) is 0. The molecule has 5 nitrogen and oxygen atoms in total. The molecule has 1 aliphatic heterocycles. The summed E-state index contributed by atoms with van der Waals surface area (Å²) in [4.78, 5) is 16.1. The van der Waals surface area contributed by atoms with Crippen LogP contribution < -0.4 is 10.6 Å². The molecule has 0 unspecified atom stereocenters. The minimum absolute atomic E-state index is 0.209. The van der Waals surface area contributed by atoms with Gasteiger partial charge in [0.2, 0.25) is 5.91 Å². The van der Waals surface area contributed by atoms with Gasteiger partial charge in [0.15, 0.2) is 10.3 Å². The fraction of sp³-hybridized carbons (Fsp3) is 0.118. The van der Waals surface area contributed by atoms with Gasteiger partial charge in [0.1, 0.15) is 11.5 Å². The van der Waals surface area contributed by atoms with Crippen molar-refractivity contribution in [3.05, 3.63) is 52.2 Å². The number of hydrogen-bond acceptors (Lipinski definition) is 5. The first-order valence-electron chi connectivity index (χ1n) is 7.54. The van der Waals surface area contributed by atoms with Crippen molar-refractivity contribution in [1.29, 1.82) is 0 Å². The largest absolute Gasteiger partial charge is 0.457 e. The predicted octanol–water partition coefficient (Wildman–Crippen LogP) is 4.36. The Kier molecular flexibility index (Phi) is 6.37. The molecule has 2 heterocycles. The van der Waals surface area contributed by atoms with Crippen LogP contribution in [0, 0.1) is 0 Å². The van der Waals surface area contributed by atoms with Crippen LogP contribution in [0.2, 0.25) is 10.0 Å². The number of thioether (sulfide) groups is 1. The Morgan fingerprint density at radius 1 is 1.31 bits per heavy atom. The third-order valence-electron chi connectivity index (χ3n) is 3.27. The number of carbonyl (C=O) groups is 1. The summed E-state index contributed by atoms with van der Waals surface area (Å²) >= 11 is 18.7. The highest BCUT2D eigenvalue weighted by molar-refractivity contribution is 8.14. The Bertz CT molecular complexity index is 909. The monoisotopic (exact) mass is 425 g/mol. The summed E-state index contributed by atoms with van der Waals surface area (Å²) in [6, 6.07) is 8.66. The van der Waals surface area contributed by atoms with Crippen LogP contribution in [0.5, 0.6) is 0 Å². The Hall–Kier alpha value is -1.80. The van der Waals surface area contributed by atoms with E-state index < -0.39 is 0 Å². The van der Waals surface area contributed by atoms with E-state index in [1.54, 1.807) is 48.2 Å². The molecule has 0 saturated carbocycles. The number of amidine groups is 1. The van der Waals surface area contributed by atoms with Gasteiger partial charge in [0, 0.05) is 22.4 Å². The number of rotatable bonds is 3. The lowest BCUT2D eigenvalue weighted by Gasteiger charge is -2.06. The van der Waals surface area contributed by atoms with Crippen molar-refractivity contribution < 1.29 is 9.21 Å². The van der Waals surface area contributed by atoms with Crippen LogP contribution in [0.4, 0.5) is 0 Å². The summed E-state index contributed by atoms with van der Waals surface area (Å²) < 4.78 is 5.69. The molecule has 0 fully saturated rings. The van der Waals surface area contributed by atoms with Gasteiger partial charge >= 0.3 is 0 Å². The summed E-state index contributed by atoms with van der Waals surface area (Å²) in [6.45, 7) is 0.752. The van der Waals surface area contributed by atoms with E-state index in [2.05, 4.69) is 15.6 Å². The maximum Gasteiger partial charge on any atom is 0.250 e. The van der Waals surface area contributed by atoms with Crippen molar-refractivity contribution in [2.45, 2.75) is 0 Å². The summed E-state index contributed by atoms with van der Waals surface area (Å²) in [5, 5.41) is 7.39. The average molecular weight is 426 g/mol. The number of nitrogens with one attached hydrogen (secondary N) is 2. The molecule has 1 amide bonds. The van der Waals surface area contributed by atoms with Crippen molar-refractivity contribution in [3.8, 4) is 11.3 Å². The van der Waals surface area contributed by atoms with Crippen LogP contribution in [0.3, 0.4) is 0 Å². The average Bonchev–Trinajstić information content (AvgIpc) is 3.24. The second-order valence-corrected chi connectivity index (χ2v) is 7.47. The molecule has 9 heteroatoms. The van der Waals surface area contributed by atoms with Gasteiger partial charge in [-0.05, 0) is 48.6 Å². The Morgan fingerprint density at radius 3 is 2.88 bits per heavy atom. The Morgan fingerprint density at radius 2 is 2.15 bits per heavy atom. The SMILES string of the molecule is O=C(C=Cc1ccc(-c2ccc(Cl)cc2Cl)o1)NC(=S)NC1=NCCS1. The number of carbonyl (C=O) groups excluding carboxylic acids is 1. The third-order valence-corrected chi connectivity index (χ3v) is 4.91. The third kappa shape index (κ3) is 5.11. The number of halogens is 2. The van der Waals surface area contributed by atoms with Crippen molar-refractivity contribution in [1.82, 2.24) is 10.6 Å². The number of thiocarbonyl (C=S) groups is 1. The van der Waals surface area contributed by atoms with E-state index >= 15 is 0 Å². The highest BCUT2D eigenvalue weighted by atomic mass is 35.5. The lowest BCUT2D eigenvalue weighted by atomic mass is 10.2. The molecule has 1 aliphatic rings. The molecule has 1 aromatic heterocycles. The molecule has 26 heavy (non-hydrogen) atoms. The predicted molar refractivity (Wildman–Crippen MR) is 112 cm³/mol. The molecule has 0 aliphatic carbocycles. The van der Waals surface area contributed by atoms with Crippen molar-refractivity contribution in [2.75, 3.05) is 12.3 Å². The number of furan rings is 1. The van der Waals surface area contributed by atoms with Crippen LogP contribution >= 0.6 is 47.2 Å². The molecular formula is C17H13Cl2N3O2S2. The Labute approximate surface area is 169 Å². The van der Waals surface area contributed by atoms with Crippen LogP contribution in [-0.4, -0.2) is 28.5 Å². The standard InChI is InChI=1S/C17H13Cl2N3O2S2/c18-10-1-4-12(13(19)9-10)14-5-2-11(24-14)3-6-15(23)21-16(25)22-17-20-7-8-26-17/h1-6,9H,7-8H2,(H2,20,21,22,23,25). The van der Waals surface area contributed by atoms with Gasteiger partial charge < -0.3 is 9.73 Å². The first-order valence-corrected chi connectivity index (χ1v) is 9.69. The van der Waals surface area contributed by atoms with Crippen LogP contribution in [0.25, 0.3) is 17.4 Å². The molecule has 0 radical (unpaired) electrons. The maximum absolute atomic E-state index is 11.9. The molecule has 0 saturated heterocycles. The van der Waals surface area contributed by atoms with E-state index in [1.807, 2.05) is 0 Å². The minimum Gasteiger partial charge on any atom is -0.457 e. The van der Waals surface area contributed by atoms with Crippen LogP contribution in [0.1, 0.15) is 5.76 Å². The van der Waals surface area contributed by atoms with Gasteiger partial charge in [0.25, 0.3) is 0 Å². The summed E-state index contributed by atoms with van der Waals surface area (Å²) in [5.74, 6) is 1.64. The number of benzene rings is 1. The quantitative estimate of drug-likeness (QED) is 0.564. The molecule has 134 valence electrons. The zero-order valence-electron chi connectivity index (χ0n) is 13.3. The van der Waals surface area contributed by atoms with E-state index in [9.17, 15) is 4.79 Å². The topological polar surface area (TPSA) is 66.6 Å². The molecule has 1 aromatic carbocycles. The molecular weight excluding hydrogens is 413 g/mol. The maximum atomic E-state index is 11.9. The number of nitrogens with zero attached hydrogens (tertiary/aromatic N) is 1. The summed E-state index contributed by atoms with van der Waals surface area (Å²) in [5.41, 5.74) is 0.723.